The average Bonchev–Trinajstić information content (AvgIpc) is 2.86. The molecule has 0 atom stereocenters. The molecule has 2 fully saturated rings. The highest BCUT2D eigenvalue weighted by Crippen LogP contribution is 2.34. The summed E-state index contributed by atoms with van der Waals surface area (Å²) in [5, 5.41) is 38.7. The molecule has 0 aromatic heterocycles. The molecule has 2 heterocycles. The molecule has 2 aliphatic rings. The van der Waals surface area contributed by atoms with E-state index < -0.39 is 72.1 Å². The number of ether oxygens (including phenoxy) is 1. The number of hydrogen-bond acceptors (Lipinski definition) is 11. The number of nitrogens with zero attached hydrogens (tertiary/aromatic N) is 1. The lowest BCUT2D eigenvalue weighted by molar-refractivity contribution is -0.148. The molecule has 200 valence electrons. The lowest BCUT2D eigenvalue weighted by atomic mass is 9.72. The molecule has 0 aliphatic carbocycles. The highest BCUT2D eigenvalue weighted by atomic mass is 16.6. The van der Waals surface area contributed by atoms with Crippen LogP contribution >= 0.6 is 0 Å². The number of rotatable bonds is 8. The van der Waals surface area contributed by atoms with Crippen molar-refractivity contribution in [3.8, 4) is 0 Å². The second-order valence-corrected chi connectivity index (χ2v) is 9.71. The molecular weight excluding hydrogens is 464 g/mol. The third-order valence-electron chi connectivity index (χ3n) is 6.44. The molecule has 2 rings (SSSR count). The first-order valence-corrected chi connectivity index (χ1v) is 11.6. The van der Waals surface area contributed by atoms with Gasteiger partial charge in [-0.05, 0) is 59.5 Å². The molecule has 12 nitrogen and oxygen atoms in total. The van der Waals surface area contributed by atoms with Crippen molar-refractivity contribution in [3.63, 3.8) is 0 Å². The van der Waals surface area contributed by atoms with Gasteiger partial charge in [0.2, 0.25) is 0 Å². The molecule has 1 amide bonds. The number of carbonyl (C=O) groups is 5. The van der Waals surface area contributed by atoms with E-state index in [1.54, 1.807) is 20.8 Å². The first-order valence-electron chi connectivity index (χ1n) is 11.6. The fourth-order valence-electron chi connectivity index (χ4n) is 4.28. The lowest BCUT2D eigenvalue weighted by Crippen LogP contribution is -2.52. The van der Waals surface area contributed by atoms with Crippen LogP contribution in [0.15, 0.2) is 0 Å². The van der Waals surface area contributed by atoms with Gasteiger partial charge in [-0.15, -0.1) is 0 Å². The number of nitrogens with one attached hydrogen (secondary N) is 1. The van der Waals surface area contributed by atoms with Crippen LogP contribution in [0.4, 0.5) is 4.79 Å². The van der Waals surface area contributed by atoms with E-state index >= 15 is 0 Å². The fourth-order valence-corrected chi connectivity index (χ4v) is 4.28. The Kier molecular flexibility index (Phi) is 11.6. The second-order valence-electron chi connectivity index (χ2n) is 9.71. The van der Waals surface area contributed by atoms with Crippen LogP contribution in [-0.4, -0.2) is 113 Å². The number of aliphatic hydroxyl groups is 4. The second kappa shape index (κ2) is 13.2. The normalized spacial score (nSPS) is 19.1. The summed E-state index contributed by atoms with van der Waals surface area (Å²) in [6.07, 6.45) is 0.414. The highest BCUT2D eigenvalue weighted by Gasteiger charge is 2.47. The largest absolute Gasteiger partial charge is 0.444 e. The van der Waals surface area contributed by atoms with Crippen molar-refractivity contribution < 1.29 is 49.1 Å². The maximum Gasteiger partial charge on any atom is 0.410 e. The van der Waals surface area contributed by atoms with E-state index in [2.05, 4.69) is 5.32 Å². The Morgan fingerprint density at radius 2 is 1.06 bits per heavy atom. The maximum absolute atomic E-state index is 11.9. The zero-order valence-corrected chi connectivity index (χ0v) is 20.7. The monoisotopic (exact) mass is 502 g/mol. The molecule has 12 heteroatoms. The number of likely N-dealkylation sites (tertiary alicyclic amines) is 1. The van der Waals surface area contributed by atoms with Crippen molar-refractivity contribution in [3.05, 3.63) is 0 Å². The van der Waals surface area contributed by atoms with Crippen LogP contribution in [-0.2, 0) is 23.9 Å². The highest BCUT2D eigenvalue weighted by molar-refractivity contribution is 6.08. The SMILES string of the molecule is CC(C)(C)OC(=O)N1CCC(C(=O)CO)(C(=O)CO)CC1.O=C(CO)C1(C(=O)CO)CCNCC1. The number of hydrogen-bond donors (Lipinski definition) is 5. The summed E-state index contributed by atoms with van der Waals surface area (Å²) in [5.74, 6) is -2.16. The van der Waals surface area contributed by atoms with Crippen molar-refractivity contribution >= 4 is 29.2 Å². The summed E-state index contributed by atoms with van der Waals surface area (Å²) in [6.45, 7) is 3.97. The van der Waals surface area contributed by atoms with Gasteiger partial charge in [0, 0.05) is 13.1 Å². The number of amides is 1. The molecular formula is C23H38N2O10. The number of Topliss-reactive ketones (excluding diaryl/α,β-unsaturated/α-hetero) is 4. The minimum absolute atomic E-state index is 0.0883. The Morgan fingerprint density at radius 1 is 0.714 bits per heavy atom. The predicted molar refractivity (Wildman–Crippen MR) is 122 cm³/mol. The van der Waals surface area contributed by atoms with Crippen LogP contribution in [0, 0.1) is 10.8 Å². The van der Waals surface area contributed by atoms with E-state index in [9.17, 15) is 24.0 Å². The van der Waals surface area contributed by atoms with Gasteiger partial charge in [-0.3, -0.25) is 19.2 Å². The van der Waals surface area contributed by atoms with E-state index in [4.69, 9.17) is 25.2 Å². The van der Waals surface area contributed by atoms with Crippen molar-refractivity contribution in [2.24, 2.45) is 10.8 Å². The number of carbonyl (C=O) groups excluding carboxylic acids is 5. The first kappa shape index (κ1) is 30.8. The Bertz CT molecular complexity index is 740. The smallest absolute Gasteiger partial charge is 0.410 e. The number of piperidine rings is 2. The van der Waals surface area contributed by atoms with Gasteiger partial charge in [-0.25, -0.2) is 4.79 Å². The maximum atomic E-state index is 11.9. The molecule has 0 radical (unpaired) electrons. The van der Waals surface area contributed by atoms with Gasteiger partial charge in [-0.2, -0.15) is 0 Å². The van der Waals surface area contributed by atoms with E-state index in [1.807, 2.05) is 0 Å². The first-order chi connectivity index (χ1) is 16.3. The lowest BCUT2D eigenvalue weighted by Gasteiger charge is -2.39. The van der Waals surface area contributed by atoms with Gasteiger partial charge < -0.3 is 35.4 Å². The number of aliphatic hydroxyl groups excluding tert-OH is 4. The molecule has 2 aliphatic heterocycles. The summed E-state index contributed by atoms with van der Waals surface area (Å²) in [6, 6.07) is 0. The van der Waals surface area contributed by atoms with Crippen LogP contribution in [0.1, 0.15) is 46.5 Å². The van der Waals surface area contributed by atoms with Gasteiger partial charge in [0.05, 0.1) is 10.8 Å². The Balaban J connectivity index is 0.000000379. The summed E-state index contributed by atoms with van der Waals surface area (Å²) in [5.41, 5.74) is -3.15. The quantitative estimate of drug-likeness (QED) is 0.245. The molecule has 0 aromatic rings. The minimum Gasteiger partial charge on any atom is -0.444 e. The Morgan fingerprint density at radius 3 is 1.37 bits per heavy atom. The van der Waals surface area contributed by atoms with E-state index in [0.29, 0.717) is 25.9 Å². The zero-order chi connectivity index (χ0) is 26.9. The predicted octanol–water partition coefficient (Wildman–Crippen LogP) is -1.39. The average molecular weight is 503 g/mol. The van der Waals surface area contributed by atoms with Crippen LogP contribution in [0.3, 0.4) is 0 Å². The van der Waals surface area contributed by atoms with Gasteiger partial charge >= 0.3 is 6.09 Å². The molecule has 0 saturated carbocycles. The summed E-state index contributed by atoms with van der Waals surface area (Å²) >= 11 is 0. The van der Waals surface area contributed by atoms with Crippen LogP contribution in [0.5, 0.6) is 0 Å². The van der Waals surface area contributed by atoms with Gasteiger partial charge in [-0.1, -0.05) is 0 Å². The Hall–Kier alpha value is -2.25. The van der Waals surface area contributed by atoms with Crippen molar-refractivity contribution in [1.82, 2.24) is 10.2 Å². The summed E-state index contributed by atoms with van der Waals surface area (Å²) < 4.78 is 5.24. The van der Waals surface area contributed by atoms with Crippen LogP contribution in [0.25, 0.3) is 0 Å². The van der Waals surface area contributed by atoms with Gasteiger partial charge in [0.1, 0.15) is 32.0 Å². The Labute approximate surface area is 204 Å². The van der Waals surface area contributed by atoms with Crippen LogP contribution < -0.4 is 5.32 Å². The van der Waals surface area contributed by atoms with E-state index in [-0.39, 0.29) is 25.9 Å². The van der Waals surface area contributed by atoms with Gasteiger partial charge in [0.15, 0.2) is 23.1 Å². The third-order valence-corrected chi connectivity index (χ3v) is 6.44. The van der Waals surface area contributed by atoms with Crippen molar-refractivity contribution in [2.75, 3.05) is 52.6 Å². The van der Waals surface area contributed by atoms with Crippen molar-refractivity contribution in [1.29, 1.82) is 0 Å². The third kappa shape index (κ3) is 7.61. The fraction of sp³-hybridized carbons (Fsp3) is 0.783. The minimum atomic E-state index is -1.39. The standard InChI is InChI=1S/C14H23NO6.C9H15NO4/c1-13(2,3)21-12(20)15-6-4-14(5-7-15,10(18)8-16)11(19)9-17;11-5-7(13)9(8(14)6-12)1-3-10-4-2-9/h16-17H,4-9H2,1-3H3;10-12H,1-6H2. The molecule has 0 unspecified atom stereocenters. The molecule has 0 spiro atoms. The molecule has 0 aromatic carbocycles. The molecule has 35 heavy (non-hydrogen) atoms. The van der Waals surface area contributed by atoms with E-state index in [0.717, 1.165) is 0 Å². The topological polar surface area (TPSA) is 191 Å². The van der Waals surface area contributed by atoms with Crippen molar-refractivity contribution in [2.45, 2.75) is 52.1 Å². The van der Waals surface area contributed by atoms with E-state index in [1.165, 1.54) is 4.90 Å². The number of ketones is 4. The molecule has 2 saturated heterocycles. The molecule has 5 N–H and O–H groups in total. The summed E-state index contributed by atoms with van der Waals surface area (Å²) in [7, 11) is 0. The van der Waals surface area contributed by atoms with Crippen LogP contribution in [0.2, 0.25) is 0 Å². The molecule has 0 bridgehead atoms. The zero-order valence-electron chi connectivity index (χ0n) is 20.7. The van der Waals surface area contributed by atoms with Gasteiger partial charge in [0.25, 0.3) is 0 Å². The summed E-state index contributed by atoms with van der Waals surface area (Å²) in [4.78, 5) is 60.1.